The molecular formula is C24H31FN4O5S. The number of amides is 1. The summed E-state index contributed by atoms with van der Waals surface area (Å²) in [6.07, 6.45) is 4.21. The number of hydrogen-bond acceptors (Lipinski definition) is 8. The number of halogens is 1. The minimum atomic E-state index is -3.52. The van der Waals surface area contributed by atoms with Crippen molar-refractivity contribution < 1.29 is 27.1 Å². The summed E-state index contributed by atoms with van der Waals surface area (Å²) in [5.74, 6) is -0.0345. The predicted molar refractivity (Wildman–Crippen MR) is 128 cm³/mol. The van der Waals surface area contributed by atoms with Crippen LogP contribution >= 0.6 is 0 Å². The van der Waals surface area contributed by atoms with Crippen LogP contribution in [0.5, 0.6) is 5.88 Å². The molecule has 1 aromatic heterocycles. The number of ether oxygens (including phenoxy) is 2. The molecule has 3 heterocycles. The Hall–Kier alpha value is -2.95. The topological polar surface area (TPSA) is 111 Å². The molecule has 2 aliphatic rings. The monoisotopic (exact) mass is 506 g/mol. The van der Waals surface area contributed by atoms with E-state index in [0.29, 0.717) is 30.3 Å². The number of carbonyl (C=O) groups is 1. The number of carbonyl (C=O) groups excluding carboxylic acids is 1. The maximum Gasteiger partial charge on any atom is 0.410 e. The first-order valence-electron chi connectivity index (χ1n) is 11.5. The molecule has 3 unspecified atom stereocenters. The molecule has 2 bridgehead atoms. The largest absolute Gasteiger partial charge is 0.472 e. The number of anilines is 2. The summed E-state index contributed by atoms with van der Waals surface area (Å²) < 4.78 is 49.6. The molecule has 0 saturated carbocycles. The summed E-state index contributed by atoms with van der Waals surface area (Å²) in [5.41, 5.74) is 0.540. The molecule has 1 amide bonds. The number of benzene rings is 1. The van der Waals surface area contributed by atoms with E-state index in [4.69, 9.17) is 9.47 Å². The third kappa shape index (κ3) is 5.50. The average molecular weight is 507 g/mol. The van der Waals surface area contributed by atoms with Crippen LogP contribution in [0.3, 0.4) is 0 Å². The normalized spacial score (nSPS) is 21.8. The first-order valence-corrected chi connectivity index (χ1v) is 13.4. The molecule has 2 saturated heterocycles. The van der Waals surface area contributed by atoms with Crippen LogP contribution in [0.25, 0.3) is 0 Å². The lowest BCUT2D eigenvalue weighted by Crippen LogP contribution is -2.40. The van der Waals surface area contributed by atoms with E-state index in [1.807, 2.05) is 20.8 Å². The van der Waals surface area contributed by atoms with Crippen LogP contribution < -0.4 is 10.1 Å². The highest BCUT2D eigenvalue weighted by Crippen LogP contribution is 2.41. The number of sulfone groups is 1. The molecule has 0 aliphatic carbocycles. The highest BCUT2D eigenvalue weighted by Gasteiger charge is 2.51. The molecule has 1 aromatic carbocycles. The van der Waals surface area contributed by atoms with Gasteiger partial charge in [-0.1, -0.05) is 20.8 Å². The highest BCUT2D eigenvalue weighted by atomic mass is 32.2. The van der Waals surface area contributed by atoms with E-state index < -0.39 is 15.7 Å². The van der Waals surface area contributed by atoms with Crippen LogP contribution in [0.1, 0.15) is 45.6 Å². The number of aromatic nitrogens is 2. The first-order chi connectivity index (χ1) is 16.3. The molecule has 35 heavy (non-hydrogen) atoms. The van der Waals surface area contributed by atoms with E-state index in [9.17, 15) is 17.6 Å². The minimum absolute atomic E-state index is 0.0691. The fourth-order valence-corrected chi connectivity index (χ4v) is 5.11. The lowest BCUT2D eigenvalue weighted by molar-refractivity contribution is 0.0610. The van der Waals surface area contributed by atoms with Crippen molar-refractivity contribution in [2.75, 3.05) is 18.2 Å². The van der Waals surface area contributed by atoms with Gasteiger partial charge in [0, 0.05) is 18.7 Å². The second-order valence-corrected chi connectivity index (χ2v) is 12.4. The average Bonchev–Trinajstić information content (AvgIpc) is 3.33. The maximum atomic E-state index is 14.5. The van der Waals surface area contributed by atoms with Crippen LogP contribution in [-0.2, 0) is 14.6 Å². The van der Waals surface area contributed by atoms with Gasteiger partial charge in [-0.2, -0.15) is 0 Å². The highest BCUT2D eigenvalue weighted by molar-refractivity contribution is 7.90. The Labute approximate surface area is 205 Å². The van der Waals surface area contributed by atoms with Gasteiger partial charge in [0.15, 0.2) is 9.84 Å². The summed E-state index contributed by atoms with van der Waals surface area (Å²) in [6, 6.07) is 3.62. The van der Waals surface area contributed by atoms with Crippen molar-refractivity contribution in [1.82, 2.24) is 14.9 Å². The van der Waals surface area contributed by atoms with Crippen molar-refractivity contribution in [3.8, 4) is 5.88 Å². The van der Waals surface area contributed by atoms with Crippen molar-refractivity contribution in [1.29, 1.82) is 0 Å². The summed E-state index contributed by atoms with van der Waals surface area (Å²) >= 11 is 0. The second kappa shape index (κ2) is 9.25. The number of hydrogen-bond donors (Lipinski definition) is 1. The van der Waals surface area contributed by atoms with E-state index in [1.54, 1.807) is 11.8 Å². The SMILES string of the molecule is Cc1c(Nc2ccc(S(C)(=O)=O)cc2F)ncnc1OC1CC2CCC1N2C(=O)OCC(C)(C)C. The molecule has 4 rings (SSSR count). The van der Waals surface area contributed by atoms with Gasteiger partial charge in [0.25, 0.3) is 0 Å². The molecule has 1 N–H and O–H groups in total. The zero-order chi connectivity index (χ0) is 25.5. The fourth-order valence-electron chi connectivity index (χ4n) is 4.48. The van der Waals surface area contributed by atoms with E-state index in [2.05, 4.69) is 15.3 Å². The van der Waals surface area contributed by atoms with Gasteiger partial charge in [-0.05, 0) is 43.4 Å². The number of nitrogens with one attached hydrogen (secondary N) is 1. The van der Waals surface area contributed by atoms with E-state index >= 15 is 0 Å². The van der Waals surface area contributed by atoms with Gasteiger partial charge in [-0.15, -0.1) is 0 Å². The smallest absolute Gasteiger partial charge is 0.410 e. The lowest BCUT2D eigenvalue weighted by atomic mass is 9.98. The lowest BCUT2D eigenvalue weighted by Gasteiger charge is -2.26. The predicted octanol–water partition coefficient (Wildman–Crippen LogP) is 4.24. The Balaban J connectivity index is 1.47. The van der Waals surface area contributed by atoms with Gasteiger partial charge in [0.05, 0.1) is 28.8 Å². The number of fused-ring (bicyclic) bond motifs is 2. The van der Waals surface area contributed by atoms with Gasteiger partial charge in [-0.25, -0.2) is 27.6 Å². The van der Waals surface area contributed by atoms with Crippen LogP contribution in [0.2, 0.25) is 0 Å². The molecule has 3 atom stereocenters. The molecule has 0 spiro atoms. The van der Waals surface area contributed by atoms with Crippen molar-refractivity contribution >= 4 is 27.4 Å². The van der Waals surface area contributed by atoms with Crippen molar-refractivity contribution in [3.05, 3.63) is 35.9 Å². The summed E-state index contributed by atoms with van der Waals surface area (Å²) in [7, 11) is -3.52. The van der Waals surface area contributed by atoms with Crippen molar-refractivity contribution in [2.24, 2.45) is 5.41 Å². The van der Waals surface area contributed by atoms with Gasteiger partial charge >= 0.3 is 6.09 Å². The molecule has 190 valence electrons. The third-order valence-corrected chi connectivity index (χ3v) is 7.35. The number of rotatable bonds is 6. The summed E-state index contributed by atoms with van der Waals surface area (Å²) in [6.45, 7) is 8.14. The van der Waals surface area contributed by atoms with E-state index in [1.165, 1.54) is 18.5 Å². The Morgan fingerprint density at radius 1 is 1.26 bits per heavy atom. The summed E-state index contributed by atoms with van der Waals surface area (Å²) in [5, 5.41) is 2.89. The van der Waals surface area contributed by atoms with E-state index in [-0.39, 0.29) is 40.3 Å². The Morgan fingerprint density at radius 2 is 2.00 bits per heavy atom. The Kier molecular flexibility index (Phi) is 6.65. The van der Waals surface area contributed by atoms with Gasteiger partial charge in [0.1, 0.15) is 24.1 Å². The van der Waals surface area contributed by atoms with Crippen LogP contribution in [0.4, 0.5) is 20.7 Å². The van der Waals surface area contributed by atoms with E-state index in [0.717, 1.165) is 25.2 Å². The Bertz CT molecular complexity index is 1230. The quantitative estimate of drug-likeness (QED) is 0.620. The van der Waals surface area contributed by atoms with Crippen molar-refractivity contribution in [2.45, 2.75) is 70.0 Å². The van der Waals surface area contributed by atoms with Gasteiger partial charge < -0.3 is 14.8 Å². The van der Waals surface area contributed by atoms with Crippen LogP contribution in [0.15, 0.2) is 29.4 Å². The molecule has 2 fully saturated rings. The molecular weight excluding hydrogens is 475 g/mol. The molecule has 0 radical (unpaired) electrons. The minimum Gasteiger partial charge on any atom is -0.472 e. The first kappa shape index (κ1) is 25.2. The maximum absolute atomic E-state index is 14.5. The van der Waals surface area contributed by atoms with Gasteiger partial charge in [-0.3, -0.25) is 4.90 Å². The number of nitrogens with zero attached hydrogens (tertiary/aromatic N) is 3. The summed E-state index contributed by atoms with van der Waals surface area (Å²) in [4.78, 5) is 22.9. The fraction of sp³-hybridized carbons (Fsp3) is 0.542. The zero-order valence-electron chi connectivity index (χ0n) is 20.5. The van der Waals surface area contributed by atoms with Crippen LogP contribution in [0, 0.1) is 18.2 Å². The van der Waals surface area contributed by atoms with Crippen LogP contribution in [-0.4, -0.2) is 60.4 Å². The molecule has 2 aliphatic heterocycles. The Morgan fingerprint density at radius 3 is 2.66 bits per heavy atom. The third-order valence-electron chi connectivity index (χ3n) is 6.24. The standard InChI is InChI=1S/C24H31FN4O5S/c1-14-21(28-18-8-7-16(11-17(18)25)35(5,31)32)26-13-27-22(14)34-20-10-15-6-9-19(20)29(15)23(30)33-12-24(2,3)4/h7-8,11,13,15,19-20H,6,9-10,12H2,1-5H3,(H,26,27,28). The molecule has 2 aromatic rings. The molecule has 11 heteroatoms. The van der Waals surface area contributed by atoms with Crippen molar-refractivity contribution in [3.63, 3.8) is 0 Å². The second-order valence-electron chi connectivity index (χ2n) is 10.4. The molecule has 9 nitrogen and oxygen atoms in total. The van der Waals surface area contributed by atoms with Gasteiger partial charge in [0.2, 0.25) is 5.88 Å². The zero-order valence-corrected chi connectivity index (χ0v) is 21.4.